The molecule has 0 unspecified atom stereocenters. The predicted molar refractivity (Wildman–Crippen MR) is 104 cm³/mol. The Balaban J connectivity index is 2.20. The van der Waals surface area contributed by atoms with Crippen LogP contribution in [0.2, 0.25) is 0 Å². The van der Waals surface area contributed by atoms with Gasteiger partial charge in [0, 0.05) is 42.8 Å². The van der Waals surface area contributed by atoms with E-state index in [0.717, 1.165) is 43.3 Å². The van der Waals surface area contributed by atoms with Crippen LogP contribution in [0.1, 0.15) is 38.4 Å². The normalized spacial score (nSPS) is 10.5. The minimum atomic E-state index is 0.678. The molecule has 0 atom stereocenters. The number of aromatic nitrogens is 2. The van der Waals surface area contributed by atoms with E-state index in [1.54, 1.807) is 0 Å². The maximum absolute atomic E-state index is 4.55. The van der Waals surface area contributed by atoms with Gasteiger partial charge in [0.2, 0.25) is 5.95 Å². The summed E-state index contributed by atoms with van der Waals surface area (Å²) in [7, 11) is 0. The maximum atomic E-state index is 4.55. The quantitative estimate of drug-likeness (QED) is 0.747. The number of nitrogens with zero attached hydrogens (tertiary/aromatic N) is 3. The van der Waals surface area contributed by atoms with E-state index >= 15 is 0 Å². The van der Waals surface area contributed by atoms with Gasteiger partial charge in [-0.15, -0.1) is 0 Å². The smallest absolute Gasteiger partial charge is 0.224 e. The third-order valence-electron chi connectivity index (χ3n) is 3.99. The molecule has 1 heterocycles. The van der Waals surface area contributed by atoms with Gasteiger partial charge in [-0.3, -0.25) is 0 Å². The van der Waals surface area contributed by atoms with Gasteiger partial charge in [0.05, 0.1) is 0 Å². The number of hydrogen-bond acceptors (Lipinski definition) is 5. The Morgan fingerprint density at radius 1 is 1.00 bits per heavy atom. The molecule has 2 N–H and O–H groups in total. The maximum Gasteiger partial charge on any atom is 0.224 e. The van der Waals surface area contributed by atoms with Crippen molar-refractivity contribution in [2.24, 2.45) is 0 Å². The van der Waals surface area contributed by atoms with Gasteiger partial charge in [0.1, 0.15) is 5.82 Å². The molecule has 0 aliphatic carbocycles. The standard InChI is InChI=1S/C19H29N5/c1-6-11-20-19-21-15(5)13-18(23-19)22-17-10-9-16(12-14(17)4)24(7-2)8-3/h9-10,12-13H,6-8,11H2,1-5H3,(H2,20,21,22,23). The van der Waals surface area contributed by atoms with Crippen LogP contribution in [0, 0.1) is 13.8 Å². The van der Waals surface area contributed by atoms with E-state index in [9.17, 15) is 0 Å². The van der Waals surface area contributed by atoms with Gasteiger partial charge >= 0.3 is 0 Å². The van der Waals surface area contributed by atoms with E-state index in [-0.39, 0.29) is 0 Å². The fourth-order valence-electron chi connectivity index (χ4n) is 2.66. The number of benzene rings is 1. The summed E-state index contributed by atoms with van der Waals surface area (Å²) in [6, 6.07) is 8.47. The number of rotatable bonds is 8. The van der Waals surface area contributed by atoms with Crippen LogP contribution in [0.3, 0.4) is 0 Å². The molecule has 0 saturated heterocycles. The van der Waals surface area contributed by atoms with Crippen LogP contribution in [0.15, 0.2) is 24.3 Å². The van der Waals surface area contributed by atoms with Crippen LogP contribution >= 0.6 is 0 Å². The number of hydrogen-bond donors (Lipinski definition) is 2. The Labute approximate surface area is 145 Å². The number of aryl methyl sites for hydroxylation is 2. The van der Waals surface area contributed by atoms with Crippen LogP contribution in [0.4, 0.5) is 23.1 Å². The van der Waals surface area contributed by atoms with Crippen molar-refractivity contribution in [3.63, 3.8) is 0 Å². The molecule has 0 saturated carbocycles. The van der Waals surface area contributed by atoms with Crippen molar-refractivity contribution in [3.05, 3.63) is 35.5 Å². The summed E-state index contributed by atoms with van der Waals surface area (Å²) in [4.78, 5) is 11.3. The van der Waals surface area contributed by atoms with Gasteiger partial charge < -0.3 is 15.5 Å². The number of anilines is 4. The molecule has 2 aromatic rings. The average Bonchev–Trinajstić information content (AvgIpc) is 2.56. The Kier molecular flexibility index (Phi) is 6.41. The minimum absolute atomic E-state index is 0.678. The first-order valence-corrected chi connectivity index (χ1v) is 8.79. The van der Waals surface area contributed by atoms with Crippen molar-refractivity contribution in [2.75, 3.05) is 35.2 Å². The monoisotopic (exact) mass is 327 g/mol. The summed E-state index contributed by atoms with van der Waals surface area (Å²) in [6.07, 6.45) is 1.05. The lowest BCUT2D eigenvalue weighted by Gasteiger charge is -2.22. The third kappa shape index (κ3) is 4.60. The van der Waals surface area contributed by atoms with E-state index < -0.39 is 0 Å². The fraction of sp³-hybridized carbons (Fsp3) is 0.474. The molecular formula is C19H29N5. The average molecular weight is 327 g/mol. The topological polar surface area (TPSA) is 53.1 Å². The Hall–Kier alpha value is -2.30. The Morgan fingerprint density at radius 3 is 2.38 bits per heavy atom. The first kappa shape index (κ1) is 18.0. The largest absolute Gasteiger partial charge is 0.372 e. The zero-order valence-corrected chi connectivity index (χ0v) is 15.5. The fourth-order valence-corrected chi connectivity index (χ4v) is 2.66. The Bertz CT molecular complexity index is 665. The molecule has 0 aliphatic rings. The van der Waals surface area contributed by atoms with Gasteiger partial charge in [-0.1, -0.05) is 6.92 Å². The van der Waals surface area contributed by atoms with Gasteiger partial charge in [-0.2, -0.15) is 4.98 Å². The van der Waals surface area contributed by atoms with Crippen LogP contribution in [0.5, 0.6) is 0 Å². The van der Waals surface area contributed by atoms with E-state index in [4.69, 9.17) is 0 Å². The predicted octanol–water partition coefficient (Wildman–Crippen LogP) is 4.51. The lowest BCUT2D eigenvalue weighted by molar-refractivity contribution is 0.866. The van der Waals surface area contributed by atoms with Crippen molar-refractivity contribution in [1.82, 2.24) is 9.97 Å². The minimum Gasteiger partial charge on any atom is -0.372 e. The van der Waals surface area contributed by atoms with Gasteiger partial charge in [-0.25, -0.2) is 4.98 Å². The van der Waals surface area contributed by atoms with Gasteiger partial charge in [0.15, 0.2) is 0 Å². The molecule has 24 heavy (non-hydrogen) atoms. The molecule has 1 aromatic heterocycles. The van der Waals surface area contributed by atoms with E-state index in [2.05, 4.69) is 71.4 Å². The first-order valence-electron chi connectivity index (χ1n) is 8.79. The van der Waals surface area contributed by atoms with E-state index in [1.165, 1.54) is 11.3 Å². The zero-order chi connectivity index (χ0) is 17.5. The van der Waals surface area contributed by atoms with Gasteiger partial charge in [0.25, 0.3) is 0 Å². The second-order valence-electron chi connectivity index (χ2n) is 5.94. The molecule has 130 valence electrons. The molecule has 0 fully saturated rings. The SMILES string of the molecule is CCCNc1nc(C)cc(Nc2ccc(N(CC)CC)cc2C)n1. The summed E-state index contributed by atoms with van der Waals surface area (Å²) < 4.78 is 0. The highest BCUT2D eigenvalue weighted by molar-refractivity contribution is 5.65. The van der Waals surface area contributed by atoms with Crippen molar-refractivity contribution in [2.45, 2.75) is 41.0 Å². The summed E-state index contributed by atoms with van der Waals surface area (Å²) in [5, 5.41) is 6.67. The zero-order valence-electron chi connectivity index (χ0n) is 15.5. The molecule has 2 rings (SSSR count). The summed E-state index contributed by atoms with van der Waals surface area (Å²) in [6.45, 7) is 13.5. The van der Waals surface area contributed by atoms with Crippen LogP contribution in [0.25, 0.3) is 0 Å². The van der Waals surface area contributed by atoms with Crippen LogP contribution in [-0.4, -0.2) is 29.6 Å². The van der Waals surface area contributed by atoms with Crippen LogP contribution in [-0.2, 0) is 0 Å². The highest BCUT2D eigenvalue weighted by atomic mass is 15.1. The van der Waals surface area contributed by atoms with Crippen molar-refractivity contribution in [1.29, 1.82) is 0 Å². The third-order valence-corrected chi connectivity index (χ3v) is 3.99. The highest BCUT2D eigenvalue weighted by Crippen LogP contribution is 2.25. The lowest BCUT2D eigenvalue weighted by atomic mass is 10.1. The van der Waals surface area contributed by atoms with Crippen molar-refractivity contribution < 1.29 is 0 Å². The summed E-state index contributed by atoms with van der Waals surface area (Å²) >= 11 is 0. The molecule has 0 bridgehead atoms. The molecule has 5 nitrogen and oxygen atoms in total. The first-order chi connectivity index (χ1) is 11.6. The second kappa shape index (κ2) is 8.52. The highest BCUT2D eigenvalue weighted by Gasteiger charge is 2.07. The Morgan fingerprint density at radius 2 is 1.75 bits per heavy atom. The summed E-state index contributed by atoms with van der Waals surface area (Å²) in [5.41, 5.74) is 4.49. The van der Waals surface area contributed by atoms with E-state index in [0.29, 0.717) is 5.95 Å². The lowest BCUT2D eigenvalue weighted by Crippen LogP contribution is -2.21. The summed E-state index contributed by atoms with van der Waals surface area (Å²) in [5.74, 6) is 1.50. The van der Waals surface area contributed by atoms with E-state index in [1.807, 2.05) is 13.0 Å². The van der Waals surface area contributed by atoms with Crippen molar-refractivity contribution >= 4 is 23.1 Å². The molecule has 0 spiro atoms. The van der Waals surface area contributed by atoms with Crippen LogP contribution < -0.4 is 15.5 Å². The van der Waals surface area contributed by atoms with Gasteiger partial charge in [-0.05, 0) is 57.9 Å². The molecule has 0 amide bonds. The second-order valence-corrected chi connectivity index (χ2v) is 5.94. The molecule has 5 heteroatoms. The molecule has 1 aromatic carbocycles. The molecule has 0 aliphatic heterocycles. The molecular weight excluding hydrogens is 298 g/mol. The molecule has 0 radical (unpaired) electrons. The van der Waals surface area contributed by atoms with Crippen molar-refractivity contribution in [3.8, 4) is 0 Å². The number of nitrogens with one attached hydrogen (secondary N) is 2.